The normalized spacial score (nSPS) is 11.4. The molecule has 0 atom stereocenters. The highest BCUT2D eigenvalue weighted by Gasteiger charge is 2.14. The molecule has 0 amide bonds. The summed E-state index contributed by atoms with van der Waals surface area (Å²) in [5.41, 5.74) is 2.75. The van der Waals surface area contributed by atoms with Crippen LogP contribution in [0.1, 0.15) is 11.4 Å². The van der Waals surface area contributed by atoms with E-state index in [1.54, 1.807) is 36.4 Å². The zero-order chi connectivity index (χ0) is 26.5. The van der Waals surface area contributed by atoms with Crippen molar-refractivity contribution in [2.24, 2.45) is 10.2 Å². The molecule has 0 aliphatic heterocycles. The van der Waals surface area contributed by atoms with Gasteiger partial charge < -0.3 is 4.74 Å². The van der Waals surface area contributed by atoms with Crippen LogP contribution in [0, 0.1) is 10.1 Å². The summed E-state index contributed by atoms with van der Waals surface area (Å²) in [5, 5.41) is 19.7. The molecule has 9 heteroatoms. The molecular formula is C29H21N5O4. The number of non-ortho nitro benzene ring substituents is 1. The lowest BCUT2D eigenvalue weighted by molar-refractivity contribution is -0.384. The van der Waals surface area contributed by atoms with Crippen molar-refractivity contribution in [3.63, 3.8) is 0 Å². The molecule has 186 valence electrons. The van der Waals surface area contributed by atoms with E-state index in [4.69, 9.17) is 9.72 Å². The van der Waals surface area contributed by atoms with Crippen LogP contribution in [0.4, 0.5) is 17.1 Å². The number of para-hydroxylation sites is 1. The second-order valence-electron chi connectivity index (χ2n) is 8.20. The Bertz CT molecular complexity index is 1740. The van der Waals surface area contributed by atoms with Crippen molar-refractivity contribution in [3.8, 4) is 11.4 Å². The first kappa shape index (κ1) is 24.3. The minimum absolute atomic E-state index is 0.0301. The first-order valence-corrected chi connectivity index (χ1v) is 11.6. The fourth-order valence-corrected chi connectivity index (χ4v) is 3.89. The van der Waals surface area contributed by atoms with E-state index in [1.165, 1.54) is 35.9 Å². The third-order valence-electron chi connectivity index (χ3n) is 5.78. The molecular weight excluding hydrogens is 482 g/mol. The molecule has 0 aliphatic carbocycles. The smallest absolute Gasteiger partial charge is 0.269 e. The largest absolute Gasteiger partial charge is 0.494 e. The number of nitro benzene ring substituents is 1. The second-order valence-corrected chi connectivity index (χ2v) is 8.20. The van der Waals surface area contributed by atoms with Gasteiger partial charge in [0.15, 0.2) is 0 Å². The van der Waals surface area contributed by atoms with E-state index in [9.17, 15) is 14.9 Å². The minimum atomic E-state index is -0.477. The van der Waals surface area contributed by atoms with Gasteiger partial charge in [-0.15, -0.1) is 5.11 Å². The summed E-state index contributed by atoms with van der Waals surface area (Å²) >= 11 is 0. The molecule has 0 bridgehead atoms. The lowest BCUT2D eigenvalue weighted by Crippen LogP contribution is -2.22. The molecule has 0 fully saturated rings. The van der Waals surface area contributed by atoms with Gasteiger partial charge in [0.1, 0.15) is 17.3 Å². The number of nitrogens with zero attached hydrogens (tertiary/aromatic N) is 5. The third kappa shape index (κ3) is 5.07. The van der Waals surface area contributed by atoms with Gasteiger partial charge in [-0.1, -0.05) is 48.5 Å². The van der Waals surface area contributed by atoms with E-state index in [0.29, 0.717) is 39.5 Å². The van der Waals surface area contributed by atoms with Gasteiger partial charge in [-0.05, 0) is 48.0 Å². The third-order valence-corrected chi connectivity index (χ3v) is 5.78. The maximum Gasteiger partial charge on any atom is 0.269 e. The predicted molar refractivity (Wildman–Crippen MR) is 147 cm³/mol. The quantitative estimate of drug-likeness (QED) is 0.136. The van der Waals surface area contributed by atoms with Gasteiger partial charge in [0.05, 0.1) is 34.3 Å². The van der Waals surface area contributed by atoms with Gasteiger partial charge in [0.2, 0.25) is 0 Å². The van der Waals surface area contributed by atoms with Crippen molar-refractivity contribution in [1.82, 2.24) is 9.55 Å². The van der Waals surface area contributed by atoms with Gasteiger partial charge in [0, 0.05) is 18.2 Å². The Hall–Kier alpha value is -5.44. The number of rotatable bonds is 7. The van der Waals surface area contributed by atoms with Crippen LogP contribution < -0.4 is 10.3 Å². The number of hydrogen-bond acceptors (Lipinski definition) is 7. The van der Waals surface area contributed by atoms with Crippen LogP contribution >= 0.6 is 0 Å². The predicted octanol–water partition coefficient (Wildman–Crippen LogP) is 6.89. The molecule has 0 aliphatic rings. The SMILES string of the molecule is COc1cc(-n2c(/C=C/c3ccccc3)nc3ccccc3c2=O)ccc1N=Nc1ccc([N+](=O)[O-])cc1. The van der Waals surface area contributed by atoms with Crippen molar-refractivity contribution in [2.75, 3.05) is 7.11 Å². The van der Waals surface area contributed by atoms with E-state index in [-0.39, 0.29) is 11.2 Å². The first-order valence-electron chi connectivity index (χ1n) is 11.6. The van der Waals surface area contributed by atoms with Crippen molar-refractivity contribution < 1.29 is 9.66 Å². The van der Waals surface area contributed by atoms with Crippen LogP contribution in [-0.2, 0) is 0 Å². The molecule has 0 spiro atoms. The maximum atomic E-state index is 13.6. The lowest BCUT2D eigenvalue weighted by atomic mass is 10.2. The van der Waals surface area contributed by atoms with E-state index >= 15 is 0 Å². The number of methoxy groups -OCH3 is 1. The Balaban J connectivity index is 1.57. The van der Waals surface area contributed by atoms with Crippen LogP contribution in [0.25, 0.3) is 28.7 Å². The van der Waals surface area contributed by atoms with E-state index in [2.05, 4.69) is 10.2 Å². The highest BCUT2D eigenvalue weighted by molar-refractivity contribution is 5.80. The number of fused-ring (bicyclic) bond motifs is 1. The van der Waals surface area contributed by atoms with Gasteiger partial charge in [-0.2, -0.15) is 5.11 Å². The van der Waals surface area contributed by atoms with Crippen molar-refractivity contribution >= 4 is 40.1 Å². The Labute approximate surface area is 217 Å². The Morgan fingerprint density at radius 1 is 0.895 bits per heavy atom. The maximum absolute atomic E-state index is 13.6. The number of hydrogen-bond donors (Lipinski definition) is 0. The molecule has 0 unspecified atom stereocenters. The van der Waals surface area contributed by atoms with Crippen LogP contribution in [-0.4, -0.2) is 21.6 Å². The molecule has 0 N–H and O–H groups in total. The fourth-order valence-electron chi connectivity index (χ4n) is 3.89. The first-order chi connectivity index (χ1) is 18.5. The highest BCUT2D eigenvalue weighted by atomic mass is 16.6. The Morgan fingerprint density at radius 3 is 2.37 bits per heavy atom. The molecule has 1 aromatic heterocycles. The molecule has 0 saturated carbocycles. The summed E-state index contributed by atoms with van der Waals surface area (Å²) in [6, 6.07) is 27.8. The molecule has 0 saturated heterocycles. The Kier molecular flexibility index (Phi) is 6.81. The molecule has 9 nitrogen and oxygen atoms in total. The molecule has 0 radical (unpaired) electrons. The summed E-state index contributed by atoms with van der Waals surface area (Å²) in [4.78, 5) is 28.7. The molecule has 38 heavy (non-hydrogen) atoms. The molecule has 5 rings (SSSR count). The van der Waals surface area contributed by atoms with E-state index in [1.807, 2.05) is 48.5 Å². The van der Waals surface area contributed by atoms with E-state index in [0.717, 1.165) is 5.56 Å². The molecule has 1 heterocycles. The number of nitro groups is 1. The number of azo groups is 1. The average molecular weight is 504 g/mol. The van der Waals surface area contributed by atoms with Gasteiger partial charge >= 0.3 is 0 Å². The van der Waals surface area contributed by atoms with Crippen LogP contribution in [0.2, 0.25) is 0 Å². The minimum Gasteiger partial charge on any atom is -0.494 e. The molecule has 4 aromatic carbocycles. The number of benzene rings is 4. The summed E-state index contributed by atoms with van der Waals surface area (Å²) < 4.78 is 7.08. The second kappa shape index (κ2) is 10.7. The standard InChI is InChI=1S/C29H21N5O4/c1-38-27-19-23(16-17-26(27)32-31-21-12-14-22(15-13-21)34(36)37)33-28(18-11-20-7-3-2-4-8-20)30-25-10-6-5-9-24(25)29(33)35/h2-19H,1H3/b18-11+,32-31?. The summed E-state index contributed by atoms with van der Waals surface area (Å²) in [6.45, 7) is 0. The molecule has 5 aromatic rings. The highest BCUT2D eigenvalue weighted by Crippen LogP contribution is 2.32. The van der Waals surface area contributed by atoms with Gasteiger partial charge in [0.25, 0.3) is 11.2 Å². The Morgan fingerprint density at radius 2 is 1.63 bits per heavy atom. The van der Waals surface area contributed by atoms with Crippen molar-refractivity contribution in [1.29, 1.82) is 0 Å². The van der Waals surface area contributed by atoms with Gasteiger partial charge in [-0.3, -0.25) is 19.5 Å². The summed E-state index contributed by atoms with van der Waals surface area (Å²) in [5.74, 6) is 0.853. The zero-order valence-corrected chi connectivity index (χ0v) is 20.3. The van der Waals surface area contributed by atoms with Crippen molar-refractivity contribution in [2.45, 2.75) is 0 Å². The number of aromatic nitrogens is 2. The van der Waals surface area contributed by atoms with Crippen LogP contribution in [0.5, 0.6) is 5.75 Å². The van der Waals surface area contributed by atoms with Crippen molar-refractivity contribution in [3.05, 3.63) is 129 Å². The van der Waals surface area contributed by atoms with E-state index < -0.39 is 4.92 Å². The average Bonchev–Trinajstić information content (AvgIpc) is 2.96. The zero-order valence-electron chi connectivity index (χ0n) is 20.3. The fraction of sp³-hybridized carbons (Fsp3) is 0.0345. The van der Waals surface area contributed by atoms with Gasteiger partial charge in [-0.25, -0.2) is 4.98 Å². The summed E-state index contributed by atoms with van der Waals surface area (Å²) in [7, 11) is 1.50. The van der Waals surface area contributed by atoms with Crippen LogP contribution in [0.3, 0.4) is 0 Å². The summed E-state index contributed by atoms with van der Waals surface area (Å²) in [6.07, 6.45) is 3.70. The number of ether oxygens (including phenoxy) is 1. The topological polar surface area (TPSA) is 112 Å². The monoisotopic (exact) mass is 503 g/mol. The van der Waals surface area contributed by atoms with Crippen LogP contribution in [0.15, 0.2) is 112 Å². The lowest BCUT2D eigenvalue weighted by Gasteiger charge is -2.13.